The van der Waals surface area contributed by atoms with Gasteiger partial charge in [0.2, 0.25) is 17.7 Å². The molecule has 1 aromatic carbocycles. The molecule has 6 nitrogen and oxygen atoms in total. The molecule has 3 N–H and O–H groups in total. The topological polar surface area (TPSA) is 87.3 Å². The zero-order valence-corrected chi connectivity index (χ0v) is 16.8. The van der Waals surface area contributed by atoms with Crippen LogP contribution in [0, 0.1) is 0 Å². The van der Waals surface area contributed by atoms with Gasteiger partial charge in [0.15, 0.2) is 0 Å². The van der Waals surface area contributed by atoms with Gasteiger partial charge >= 0.3 is 0 Å². The van der Waals surface area contributed by atoms with Crippen molar-refractivity contribution in [1.29, 1.82) is 0 Å². The highest BCUT2D eigenvalue weighted by atomic mass is 16.2. The highest BCUT2D eigenvalue weighted by Gasteiger charge is 2.10. The lowest BCUT2D eigenvalue weighted by molar-refractivity contribution is -0.117. The maximum absolute atomic E-state index is 12.0. The van der Waals surface area contributed by atoms with E-state index in [9.17, 15) is 14.4 Å². The number of carbonyl (C=O) groups excluding carboxylic acids is 3. The van der Waals surface area contributed by atoms with E-state index >= 15 is 0 Å². The van der Waals surface area contributed by atoms with Crippen LogP contribution >= 0.6 is 0 Å². The van der Waals surface area contributed by atoms with Crippen molar-refractivity contribution in [1.82, 2.24) is 0 Å². The zero-order valence-electron chi connectivity index (χ0n) is 16.8. The van der Waals surface area contributed by atoms with E-state index in [-0.39, 0.29) is 17.7 Å². The van der Waals surface area contributed by atoms with E-state index in [0.29, 0.717) is 36.3 Å². The molecule has 0 aliphatic heterocycles. The molecule has 0 fully saturated rings. The fraction of sp³-hybridized carbons (Fsp3) is 0.571. The lowest BCUT2D eigenvalue weighted by Crippen LogP contribution is -2.15. The summed E-state index contributed by atoms with van der Waals surface area (Å²) < 4.78 is 0. The van der Waals surface area contributed by atoms with Crippen molar-refractivity contribution in [3.8, 4) is 0 Å². The Hall–Kier alpha value is -2.37. The molecule has 0 aromatic heterocycles. The number of amides is 3. The third kappa shape index (κ3) is 9.78. The molecule has 0 saturated heterocycles. The molecule has 0 saturated carbocycles. The van der Waals surface area contributed by atoms with E-state index in [1.807, 2.05) is 20.8 Å². The molecule has 0 radical (unpaired) electrons. The van der Waals surface area contributed by atoms with Crippen LogP contribution in [0.1, 0.15) is 78.6 Å². The molecular formula is C21H33N3O3. The first-order chi connectivity index (χ1) is 13.0. The van der Waals surface area contributed by atoms with Gasteiger partial charge in [0.05, 0.1) is 0 Å². The van der Waals surface area contributed by atoms with Gasteiger partial charge in [-0.15, -0.1) is 0 Å². The van der Waals surface area contributed by atoms with Crippen LogP contribution in [0.15, 0.2) is 18.2 Å². The second-order valence-corrected chi connectivity index (χ2v) is 6.75. The summed E-state index contributed by atoms with van der Waals surface area (Å²) in [6.45, 7) is 6.09. The second-order valence-electron chi connectivity index (χ2n) is 6.75. The fourth-order valence-corrected chi connectivity index (χ4v) is 2.53. The number of anilines is 3. The number of carbonyl (C=O) groups is 3. The Morgan fingerprint density at radius 3 is 1.07 bits per heavy atom. The van der Waals surface area contributed by atoms with Crippen LogP contribution in [0.5, 0.6) is 0 Å². The van der Waals surface area contributed by atoms with E-state index in [4.69, 9.17) is 0 Å². The number of hydrogen-bond donors (Lipinski definition) is 3. The molecule has 0 heterocycles. The van der Waals surface area contributed by atoms with Gasteiger partial charge in [-0.25, -0.2) is 0 Å². The van der Waals surface area contributed by atoms with Gasteiger partial charge in [0.1, 0.15) is 0 Å². The maximum atomic E-state index is 12.0. The number of rotatable bonds is 12. The quantitative estimate of drug-likeness (QED) is 0.476. The molecule has 150 valence electrons. The first kappa shape index (κ1) is 22.7. The minimum atomic E-state index is -0.0745. The summed E-state index contributed by atoms with van der Waals surface area (Å²) in [5.41, 5.74) is 1.69. The molecule has 0 aliphatic rings. The average molecular weight is 376 g/mol. The summed E-state index contributed by atoms with van der Waals surface area (Å²) in [4.78, 5) is 36.1. The summed E-state index contributed by atoms with van der Waals surface area (Å²) in [6, 6.07) is 5.15. The molecule has 27 heavy (non-hydrogen) atoms. The standard InChI is InChI=1S/C21H33N3O3/c1-4-7-10-19(25)22-16-13-17(23-20(26)11-8-5-2)15-18(14-16)24-21(27)12-9-6-3/h13-15H,4-12H2,1-3H3,(H,22,25)(H,23,26)(H,24,27). The van der Waals surface area contributed by atoms with Crippen molar-refractivity contribution in [2.45, 2.75) is 78.6 Å². The van der Waals surface area contributed by atoms with Crippen molar-refractivity contribution in [2.24, 2.45) is 0 Å². The number of hydrogen-bond acceptors (Lipinski definition) is 3. The van der Waals surface area contributed by atoms with Crippen molar-refractivity contribution in [2.75, 3.05) is 16.0 Å². The normalized spacial score (nSPS) is 10.3. The Bertz CT molecular complexity index is 531. The van der Waals surface area contributed by atoms with Crippen LogP contribution in [-0.2, 0) is 14.4 Å². The molecule has 3 amide bonds. The van der Waals surface area contributed by atoms with Crippen LogP contribution in [0.4, 0.5) is 17.1 Å². The number of unbranched alkanes of at least 4 members (excludes halogenated alkanes) is 3. The molecule has 1 aromatic rings. The molecular weight excluding hydrogens is 342 g/mol. The number of nitrogens with one attached hydrogen (secondary N) is 3. The average Bonchev–Trinajstić information content (AvgIpc) is 2.62. The molecule has 0 atom stereocenters. The summed E-state index contributed by atoms with van der Waals surface area (Å²) in [5, 5.41) is 8.55. The van der Waals surface area contributed by atoms with Gasteiger partial charge < -0.3 is 16.0 Å². The molecule has 0 spiro atoms. The first-order valence-corrected chi connectivity index (χ1v) is 10.0. The van der Waals surface area contributed by atoms with E-state index < -0.39 is 0 Å². The van der Waals surface area contributed by atoms with Crippen molar-refractivity contribution < 1.29 is 14.4 Å². The van der Waals surface area contributed by atoms with Crippen LogP contribution in [-0.4, -0.2) is 17.7 Å². The summed E-state index contributed by atoms with van der Waals surface area (Å²) in [5.74, 6) is -0.223. The largest absolute Gasteiger partial charge is 0.326 e. The van der Waals surface area contributed by atoms with Gasteiger partial charge in [0, 0.05) is 36.3 Å². The van der Waals surface area contributed by atoms with Gasteiger partial charge in [-0.2, -0.15) is 0 Å². The smallest absolute Gasteiger partial charge is 0.224 e. The molecule has 1 rings (SSSR count). The monoisotopic (exact) mass is 375 g/mol. The van der Waals surface area contributed by atoms with E-state index in [0.717, 1.165) is 38.5 Å². The molecule has 0 aliphatic carbocycles. The third-order valence-electron chi connectivity index (χ3n) is 4.06. The van der Waals surface area contributed by atoms with Crippen LogP contribution < -0.4 is 16.0 Å². The minimum Gasteiger partial charge on any atom is -0.326 e. The van der Waals surface area contributed by atoms with Gasteiger partial charge in [-0.1, -0.05) is 40.0 Å². The van der Waals surface area contributed by atoms with Crippen molar-refractivity contribution in [3.63, 3.8) is 0 Å². The Kier molecular flexibility index (Phi) is 10.8. The van der Waals surface area contributed by atoms with Gasteiger partial charge in [-0.05, 0) is 37.5 Å². The van der Waals surface area contributed by atoms with Crippen molar-refractivity contribution in [3.05, 3.63) is 18.2 Å². The minimum absolute atomic E-state index is 0.0745. The second kappa shape index (κ2) is 12.9. The van der Waals surface area contributed by atoms with E-state index in [2.05, 4.69) is 16.0 Å². The molecule has 0 unspecified atom stereocenters. The SMILES string of the molecule is CCCCC(=O)Nc1cc(NC(=O)CCCC)cc(NC(=O)CCCC)c1. The van der Waals surface area contributed by atoms with Crippen LogP contribution in [0.3, 0.4) is 0 Å². The van der Waals surface area contributed by atoms with Gasteiger partial charge in [-0.3, -0.25) is 14.4 Å². The van der Waals surface area contributed by atoms with E-state index in [1.165, 1.54) is 0 Å². The predicted molar refractivity (Wildman–Crippen MR) is 111 cm³/mol. The molecule has 6 heteroatoms. The highest BCUT2D eigenvalue weighted by Crippen LogP contribution is 2.24. The first-order valence-electron chi connectivity index (χ1n) is 10.0. The lowest BCUT2D eigenvalue weighted by Gasteiger charge is -2.13. The predicted octanol–water partition coefficient (Wildman–Crippen LogP) is 5.07. The Morgan fingerprint density at radius 2 is 0.852 bits per heavy atom. The fourth-order valence-electron chi connectivity index (χ4n) is 2.53. The summed E-state index contributed by atoms with van der Waals surface area (Å²) in [6.07, 6.45) is 6.63. The van der Waals surface area contributed by atoms with Gasteiger partial charge in [0.25, 0.3) is 0 Å². The maximum Gasteiger partial charge on any atom is 0.224 e. The Labute approximate surface area is 162 Å². The summed E-state index contributed by atoms with van der Waals surface area (Å²) in [7, 11) is 0. The van der Waals surface area contributed by atoms with Crippen LogP contribution in [0.2, 0.25) is 0 Å². The third-order valence-corrected chi connectivity index (χ3v) is 4.06. The Morgan fingerprint density at radius 1 is 0.593 bits per heavy atom. The van der Waals surface area contributed by atoms with E-state index in [1.54, 1.807) is 18.2 Å². The van der Waals surface area contributed by atoms with Crippen LogP contribution in [0.25, 0.3) is 0 Å². The lowest BCUT2D eigenvalue weighted by atomic mass is 10.2. The highest BCUT2D eigenvalue weighted by molar-refractivity contribution is 5.97. The Balaban J connectivity index is 2.90. The number of benzene rings is 1. The zero-order chi connectivity index (χ0) is 20.1. The van der Waals surface area contributed by atoms with Crippen molar-refractivity contribution >= 4 is 34.8 Å². The summed E-state index contributed by atoms with van der Waals surface area (Å²) >= 11 is 0. The molecule has 0 bridgehead atoms.